The molecular formula is C17H16Br2O. The van der Waals surface area contributed by atoms with Gasteiger partial charge in [0.2, 0.25) is 0 Å². The first-order chi connectivity index (χ1) is 9.83. The van der Waals surface area contributed by atoms with E-state index in [0.717, 1.165) is 16.4 Å². The van der Waals surface area contributed by atoms with E-state index in [0.29, 0.717) is 6.61 Å². The molecule has 0 aliphatic heterocycles. The summed E-state index contributed by atoms with van der Waals surface area (Å²) in [5.41, 5.74) is 3.67. The van der Waals surface area contributed by atoms with E-state index in [1.807, 2.05) is 30.3 Å². The summed E-state index contributed by atoms with van der Waals surface area (Å²) >= 11 is 6.94. The van der Waals surface area contributed by atoms with E-state index < -0.39 is 0 Å². The molecule has 0 N–H and O–H groups in total. The topological polar surface area (TPSA) is 9.23 Å². The predicted molar refractivity (Wildman–Crippen MR) is 92.8 cm³/mol. The van der Waals surface area contributed by atoms with Gasteiger partial charge in [0.1, 0.15) is 12.4 Å². The third-order valence-corrected chi connectivity index (χ3v) is 3.87. The van der Waals surface area contributed by atoms with Crippen LogP contribution in [0.25, 0.3) is 5.57 Å². The molecule has 0 saturated heterocycles. The van der Waals surface area contributed by atoms with Crippen molar-refractivity contribution in [3.63, 3.8) is 0 Å². The van der Waals surface area contributed by atoms with Gasteiger partial charge in [-0.3, -0.25) is 0 Å². The lowest BCUT2D eigenvalue weighted by molar-refractivity contribution is 0.306. The van der Waals surface area contributed by atoms with Crippen LogP contribution in [0.15, 0.2) is 60.7 Å². The second-order valence-electron chi connectivity index (χ2n) is 4.32. The van der Waals surface area contributed by atoms with Crippen LogP contribution >= 0.6 is 31.9 Å². The molecule has 20 heavy (non-hydrogen) atoms. The Bertz CT molecular complexity index is 547. The third kappa shape index (κ3) is 4.50. The van der Waals surface area contributed by atoms with Gasteiger partial charge in [-0.25, -0.2) is 0 Å². The summed E-state index contributed by atoms with van der Waals surface area (Å²) in [6.07, 6.45) is 2.16. The van der Waals surface area contributed by atoms with Crippen LogP contribution in [0.1, 0.15) is 11.1 Å². The minimum atomic E-state index is 0.600. The van der Waals surface area contributed by atoms with Gasteiger partial charge < -0.3 is 4.74 Å². The number of alkyl halides is 2. The zero-order valence-electron chi connectivity index (χ0n) is 11.1. The Balaban J connectivity index is 2.00. The van der Waals surface area contributed by atoms with Gasteiger partial charge in [0, 0.05) is 10.7 Å². The normalized spacial score (nSPS) is 11.4. The monoisotopic (exact) mass is 394 g/mol. The highest BCUT2D eigenvalue weighted by Crippen LogP contribution is 2.21. The average Bonchev–Trinajstić information content (AvgIpc) is 2.52. The maximum absolute atomic E-state index is 5.78. The molecule has 0 atom stereocenters. The quantitative estimate of drug-likeness (QED) is 0.591. The Morgan fingerprint density at radius 2 is 1.65 bits per heavy atom. The number of ether oxygens (including phenoxy) is 1. The molecule has 3 heteroatoms. The van der Waals surface area contributed by atoms with Gasteiger partial charge in [0.15, 0.2) is 0 Å². The second-order valence-corrected chi connectivity index (χ2v) is 5.52. The Labute approximate surface area is 136 Å². The molecule has 2 aromatic rings. The van der Waals surface area contributed by atoms with Gasteiger partial charge in [-0.1, -0.05) is 80.4 Å². The molecule has 0 bridgehead atoms. The number of benzene rings is 2. The number of rotatable bonds is 6. The lowest BCUT2D eigenvalue weighted by atomic mass is 10.1. The molecule has 0 aliphatic carbocycles. The molecule has 0 heterocycles. The van der Waals surface area contributed by atoms with E-state index in [2.05, 4.69) is 62.2 Å². The van der Waals surface area contributed by atoms with Crippen molar-refractivity contribution < 1.29 is 4.74 Å². The van der Waals surface area contributed by atoms with Gasteiger partial charge in [-0.15, -0.1) is 0 Å². The van der Waals surface area contributed by atoms with Crippen LogP contribution in [0.3, 0.4) is 0 Å². The predicted octanol–water partition coefficient (Wildman–Crippen LogP) is 5.44. The number of halogens is 2. The van der Waals surface area contributed by atoms with Crippen molar-refractivity contribution in [3.05, 3.63) is 71.8 Å². The van der Waals surface area contributed by atoms with Gasteiger partial charge >= 0.3 is 0 Å². The zero-order chi connectivity index (χ0) is 14.2. The first-order valence-corrected chi connectivity index (χ1v) is 8.66. The van der Waals surface area contributed by atoms with Crippen molar-refractivity contribution in [2.45, 2.75) is 6.61 Å². The molecule has 0 aromatic heterocycles. The second kappa shape index (κ2) is 8.28. The molecule has 0 spiro atoms. The van der Waals surface area contributed by atoms with Crippen molar-refractivity contribution in [3.8, 4) is 5.75 Å². The molecule has 104 valence electrons. The summed E-state index contributed by atoms with van der Waals surface area (Å²) in [6, 6.07) is 18.4. The van der Waals surface area contributed by atoms with Crippen LogP contribution in [0.4, 0.5) is 0 Å². The molecule has 0 fully saturated rings. The molecule has 1 nitrogen and oxygen atoms in total. The molecule has 2 aromatic carbocycles. The van der Waals surface area contributed by atoms with Crippen LogP contribution in [-0.2, 0) is 6.61 Å². The maximum atomic E-state index is 5.78. The van der Waals surface area contributed by atoms with E-state index in [9.17, 15) is 0 Å². The van der Waals surface area contributed by atoms with Gasteiger partial charge in [0.05, 0.1) is 0 Å². The lowest BCUT2D eigenvalue weighted by Crippen LogP contribution is -1.95. The Morgan fingerprint density at radius 3 is 2.25 bits per heavy atom. The molecule has 0 saturated carbocycles. The molecule has 0 radical (unpaired) electrons. The summed E-state index contributed by atoms with van der Waals surface area (Å²) in [5, 5.41) is 1.71. The van der Waals surface area contributed by atoms with E-state index in [-0.39, 0.29) is 0 Å². The van der Waals surface area contributed by atoms with E-state index in [4.69, 9.17) is 4.74 Å². The Morgan fingerprint density at radius 1 is 0.950 bits per heavy atom. The maximum Gasteiger partial charge on any atom is 0.119 e. The van der Waals surface area contributed by atoms with Crippen molar-refractivity contribution in [1.82, 2.24) is 0 Å². The summed E-state index contributed by atoms with van der Waals surface area (Å²) in [7, 11) is 0. The Kier molecular flexibility index (Phi) is 6.34. The summed E-state index contributed by atoms with van der Waals surface area (Å²) in [4.78, 5) is 0. The summed E-state index contributed by atoms with van der Waals surface area (Å²) in [6.45, 7) is 0.600. The van der Waals surface area contributed by atoms with Crippen molar-refractivity contribution in [1.29, 1.82) is 0 Å². The fourth-order valence-corrected chi connectivity index (χ4v) is 2.79. The van der Waals surface area contributed by atoms with Crippen molar-refractivity contribution >= 4 is 37.4 Å². The number of hydrogen-bond donors (Lipinski definition) is 0. The smallest absolute Gasteiger partial charge is 0.119 e. The first kappa shape index (κ1) is 15.3. The van der Waals surface area contributed by atoms with Gasteiger partial charge in [0.25, 0.3) is 0 Å². The van der Waals surface area contributed by atoms with Crippen LogP contribution in [0.2, 0.25) is 0 Å². The number of allylic oxidation sites excluding steroid dienone is 2. The minimum absolute atomic E-state index is 0.600. The van der Waals surface area contributed by atoms with E-state index in [1.54, 1.807) is 0 Å². The largest absolute Gasteiger partial charge is 0.489 e. The highest BCUT2D eigenvalue weighted by Gasteiger charge is 2.01. The van der Waals surface area contributed by atoms with Crippen LogP contribution in [-0.4, -0.2) is 10.7 Å². The average molecular weight is 396 g/mol. The van der Waals surface area contributed by atoms with Crippen molar-refractivity contribution in [2.24, 2.45) is 0 Å². The number of hydrogen-bond acceptors (Lipinski definition) is 1. The SMILES string of the molecule is BrC/C=C(\CBr)c1ccc(OCc2ccccc2)cc1. The fourth-order valence-electron chi connectivity index (χ4n) is 1.85. The highest BCUT2D eigenvalue weighted by atomic mass is 79.9. The Hall–Kier alpha value is -1.06. The molecule has 2 rings (SSSR count). The van der Waals surface area contributed by atoms with Gasteiger partial charge in [-0.05, 0) is 28.8 Å². The van der Waals surface area contributed by atoms with E-state index in [1.165, 1.54) is 16.7 Å². The molecule has 0 aliphatic rings. The fraction of sp³-hybridized carbons (Fsp3) is 0.176. The van der Waals surface area contributed by atoms with Crippen LogP contribution in [0, 0.1) is 0 Å². The summed E-state index contributed by atoms with van der Waals surface area (Å²) in [5.74, 6) is 0.894. The van der Waals surface area contributed by atoms with E-state index >= 15 is 0 Å². The first-order valence-electron chi connectivity index (χ1n) is 6.41. The highest BCUT2D eigenvalue weighted by molar-refractivity contribution is 9.09. The van der Waals surface area contributed by atoms with Crippen molar-refractivity contribution in [2.75, 3.05) is 10.7 Å². The molecular weight excluding hydrogens is 380 g/mol. The van der Waals surface area contributed by atoms with Crippen LogP contribution in [0.5, 0.6) is 5.75 Å². The standard InChI is InChI=1S/C17H16Br2O/c18-11-10-16(12-19)15-6-8-17(9-7-15)20-13-14-4-2-1-3-5-14/h1-10H,11-13H2/b16-10+. The third-order valence-electron chi connectivity index (χ3n) is 2.94. The van der Waals surface area contributed by atoms with Crippen LogP contribution < -0.4 is 4.74 Å². The summed E-state index contributed by atoms with van der Waals surface area (Å²) < 4.78 is 5.78. The molecule has 0 unspecified atom stereocenters. The zero-order valence-corrected chi connectivity index (χ0v) is 14.2. The molecule has 0 amide bonds. The minimum Gasteiger partial charge on any atom is -0.489 e. The van der Waals surface area contributed by atoms with Gasteiger partial charge in [-0.2, -0.15) is 0 Å². The lowest BCUT2D eigenvalue weighted by Gasteiger charge is -2.08.